The Balaban J connectivity index is 3.35. The monoisotopic (exact) mass is 190 g/mol. The summed E-state index contributed by atoms with van der Waals surface area (Å²) in [6, 6.07) is 0. The van der Waals surface area contributed by atoms with E-state index in [9.17, 15) is 9.59 Å². The Kier molecular flexibility index (Phi) is 6.62. The summed E-state index contributed by atoms with van der Waals surface area (Å²) in [6.07, 6.45) is -0.623. The number of alkyl carbamates (subject to hydrolysis) is 1. The molecule has 0 heterocycles. The maximum atomic E-state index is 10.9. The predicted octanol–water partition coefficient (Wildman–Crippen LogP) is -0.895. The summed E-state index contributed by atoms with van der Waals surface area (Å²) in [6.45, 7) is 0.790. The van der Waals surface area contributed by atoms with Gasteiger partial charge in [0.25, 0.3) is 0 Å². The molecule has 2 amide bonds. The lowest BCUT2D eigenvalue weighted by Crippen LogP contribution is -2.38. The van der Waals surface area contributed by atoms with Crippen molar-refractivity contribution in [2.24, 2.45) is 0 Å². The highest BCUT2D eigenvalue weighted by atomic mass is 16.5. The molecule has 0 bridgehead atoms. The third-order valence-corrected chi connectivity index (χ3v) is 1.21. The molecule has 0 fully saturated rings. The van der Waals surface area contributed by atoms with Gasteiger partial charge < -0.3 is 20.1 Å². The van der Waals surface area contributed by atoms with Gasteiger partial charge in [-0.3, -0.25) is 4.79 Å². The van der Waals surface area contributed by atoms with E-state index in [1.807, 2.05) is 0 Å². The van der Waals surface area contributed by atoms with Crippen LogP contribution in [0.15, 0.2) is 0 Å². The lowest BCUT2D eigenvalue weighted by Gasteiger charge is -2.04. The fraction of sp³-hybridized carbons (Fsp3) is 0.714. The molecular weight excluding hydrogens is 176 g/mol. The number of amides is 2. The van der Waals surface area contributed by atoms with Crippen LogP contribution in [0.2, 0.25) is 0 Å². The molecule has 0 unspecified atom stereocenters. The van der Waals surface area contributed by atoms with Crippen molar-refractivity contribution in [3.63, 3.8) is 0 Å². The molecule has 13 heavy (non-hydrogen) atoms. The van der Waals surface area contributed by atoms with Gasteiger partial charge in [-0.15, -0.1) is 0 Å². The Labute approximate surface area is 76.6 Å². The summed E-state index contributed by atoms with van der Waals surface area (Å²) in [5.41, 5.74) is 0. The van der Waals surface area contributed by atoms with Gasteiger partial charge in [-0.2, -0.15) is 0 Å². The third-order valence-electron chi connectivity index (χ3n) is 1.21. The Bertz CT molecular complexity index is 172. The summed E-state index contributed by atoms with van der Waals surface area (Å²) >= 11 is 0. The molecule has 76 valence electrons. The highest BCUT2D eigenvalue weighted by Crippen LogP contribution is 1.71. The van der Waals surface area contributed by atoms with Gasteiger partial charge in [0.15, 0.2) is 0 Å². The van der Waals surface area contributed by atoms with E-state index in [1.165, 1.54) is 7.11 Å². The molecule has 0 saturated heterocycles. The van der Waals surface area contributed by atoms with E-state index in [0.29, 0.717) is 13.2 Å². The Morgan fingerprint density at radius 2 is 1.92 bits per heavy atom. The van der Waals surface area contributed by atoms with Crippen molar-refractivity contribution < 1.29 is 19.1 Å². The molecule has 2 N–H and O–H groups in total. The summed E-state index contributed by atoms with van der Waals surface area (Å²) in [5.74, 6) is -0.276. The molecule has 6 heteroatoms. The van der Waals surface area contributed by atoms with Gasteiger partial charge in [-0.25, -0.2) is 4.79 Å². The van der Waals surface area contributed by atoms with Crippen molar-refractivity contribution >= 4 is 12.0 Å². The smallest absolute Gasteiger partial charge is 0.407 e. The zero-order chi connectivity index (χ0) is 10.1. The van der Waals surface area contributed by atoms with Crippen LogP contribution in [0.4, 0.5) is 4.79 Å². The standard InChI is InChI=1S/C7H14N2O4/c1-12-4-3-8-6(10)5-9-7(11)13-2/h3-5H2,1-2H3,(H,8,10)(H,9,11). The Morgan fingerprint density at radius 3 is 2.46 bits per heavy atom. The van der Waals surface area contributed by atoms with E-state index in [4.69, 9.17) is 4.74 Å². The first-order chi connectivity index (χ1) is 6.20. The summed E-state index contributed by atoms with van der Waals surface area (Å²) in [5, 5.41) is 4.77. The Morgan fingerprint density at radius 1 is 1.23 bits per heavy atom. The van der Waals surface area contributed by atoms with Gasteiger partial charge in [0.2, 0.25) is 5.91 Å². The maximum Gasteiger partial charge on any atom is 0.407 e. The van der Waals surface area contributed by atoms with Crippen LogP contribution in [0.25, 0.3) is 0 Å². The van der Waals surface area contributed by atoms with E-state index in [0.717, 1.165) is 0 Å². The number of ether oxygens (including phenoxy) is 2. The van der Waals surface area contributed by atoms with Crippen LogP contribution in [-0.2, 0) is 14.3 Å². The number of methoxy groups -OCH3 is 2. The minimum Gasteiger partial charge on any atom is -0.453 e. The van der Waals surface area contributed by atoms with Crippen LogP contribution >= 0.6 is 0 Å². The molecule has 0 aromatic rings. The van der Waals surface area contributed by atoms with E-state index >= 15 is 0 Å². The van der Waals surface area contributed by atoms with Gasteiger partial charge in [0.1, 0.15) is 0 Å². The molecule has 0 rings (SSSR count). The van der Waals surface area contributed by atoms with Crippen molar-refractivity contribution in [3.8, 4) is 0 Å². The minimum absolute atomic E-state index is 0.0869. The molecule has 0 aromatic heterocycles. The first kappa shape index (κ1) is 11.7. The number of rotatable bonds is 5. The number of nitrogens with one attached hydrogen (secondary N) is 2. The molecule has 0 radical (unpaired) electrons. The lowest BCUT2D eigenvalue weighted by atomic mass is 10.5. The fourth-order valence-electron chi connectivity index (χ4n) is 0.580. The topological polar surface area (TPSA) is 76.7 Å². The second-order valence-corrected chi connectivity index (χ2v) is 2.19. The highest BCUT2D eigenvalue weighted by molar-refractivity contribution is 5.81. The van der Waals surface area contributed by atoms with Crippen LogP contribution in [0, 0.1) is 0 Å². The first-order valence-electron chi connectivity index (χ1n) is 3.78. The highest BCUT2D eigenvalue weighted by Gasteiger charge is 2.02. The number of hydrogen-bond donors (Lipinski definition) is 2. The average molecular weight is 190 g/mol. The summed E-state index contributed by atoms with van der Waals surface area (Å²) in [4.78, 5) is 21.4. The van der Waals surface area contributed by atoms with Crippen LogP contribution in [-0.4, -0.2) is 45.9 Å². The molecule has 0 aliphatic carbocycles. The molecule has 0 aliphatic heterocycles. The van der Waals surface area contributed by atoms with Crippen molar-refractivity contribution in [1.82, 2.24) is 10.6 Å². The van der Waals surface area contributed by atoms with Crippen molar-refractivity contribution in [3.05, 3.63) is 0 Å². The van der Waals surface area contributed by atoms with E-state index < -0.39 is 6.09 Å². The van der Waals surface area contributed by atoms with Gasteiger partial charge in [-0.05, 0) is 0 Å². The van der Waals surface area contributed by atoms with E-state index in [1.54, 1.807) is 7.11 Å². The van der Waals surface area contributed by atoms with Crippen LogP contribution < -0.4 is 10.6 Å². The van der Waals surface area contributed by atoms with Crippen LogP contribution in [0.5, 0.6) is 0 Å². The first-order valence-corrected chi connectivity index (χ1v) is 3.78. The van der Waals surface area contributed by atoms with Crippen molar-refractivity contribution in [2.75, 3.05) is 33.9 Å². The normalized spacial score (nSPS) is 9.08. The molecular formula is C7H14N2O4. The van der Waals surface area contributed by atoms with Gasteiger partial charge in [0.05, 0.1) is 20.3 Å². The second-order valence-electron chi connectivity index (χ2n) is 2.19. The number of carbonyl (C=O) groups is 2. The van der Waals surface area contributed by atoms with Gasteiger partial charge in [-0.1, -0.05) is 0 Å². The molecule has 0 saturated carbocycles. The van der Waals surface area contributed by atoms with Gasteiger partial charge in [0, 0.05) is 13.7 Å². The summed E-state index contributed by atoms with van der Waals surface area (Å²) in [7, 11) is 2.77. The zero-order valence-electron chi connectivity index (χ0n) is 7.75. The predicted molar refractivity (Wildman–Crippen MR) is 45.3 cm³/mol. The number of hydrogen-bond acceptors (Lipinski definition) is 4. The van der Waals surface area contributed by atoms with E-state index in [2.05, 4.69) is 15.4 Å². The maximum absolute atomic E-state index is 10.9. The van der Waals surface area contributed by atoms with Crippen LogP contribution in [0.1, 0.15) is 0 Å². The molecule has 0 atom stereocenters. The minimum atomic E-state index is -0.623. The summed E-state index contributed by atoms with van der Waals surface area (Å²) < 4.78 is 8.98. The molecule has 0 aromatic carbocycles. The van der Waals surface area contributed by atoms with E-state index in [-0.39, 0.29) is 12.5 Å². The third kappa shape index (κ3) is 7.07. The molecule has 0 spiro atoms. The van der Waals surface area contributed by atoms with Crippen molar-refractivity contribution in [2.45, 2.75) is 0 Å². The van der Waals surface area contributed by atoms with Gasteiger partial charge >= 0.3 is 6.09 Å². The molecule has 6 nitrogen and oxygen atoms in total. The number of carbonyl (C=O) groups excluding carboxylic acids is 2. The van der Waals surface area contributed by atoms with Crippen molar-refractivity contribution in [1.29, 1.82) is 0 Å². The zero-order valence-corrected chi connectivity index (χ0v) is 7.75. The lowest BCUT2D eigenvalue weighted by molar-refractivity contribution is -0.120. The Hall–Kier alpha value is -1.30. The largest absolute Gasteiger partial charge is 0.453 e. The average Bonchev–Trinajstić information content (AvgIpc) is 2.14. The molecule has 0 aliphatic rings. The van der Waals surface area contributed by atoms with Crippen LogP contribution in [0.3, 0.4) is 0 Å². The fourth-order valence-corrected chi connectivity index (χ4v) is 0.580. The SMILES string of the molecule is COCCNC(=O)CNC(=O)OC. The second kappa shape index (κ2) is 7.35. The quantitative estimate of drug-likeness (QED) is 0.551.